The first-order chi connectivity index (χ1) is 6.63. The fourth-order valence-electron chi connectivity index (χ4n) is 1.71. The van der Waals surface area contributed by atoms with Gasteiger partial charge in [0.2, 0.25) is 0 Å². The molecule has 2 nitrogen and oxygen atoms in total. The van der Waals surface area contributed by atoms with E-state index in [9.17, 15) is 0 Å². The van der Waals surface area contributed by atoms with E-state index in [0.29, 0.717) is 12.1 Å². The van der Waals surface area contributed by atoms with Crippen LogP contribution in [0, 0.1) is 0 Å². The summed E-state index contributed by atoms with van der Waals surface area (Å²) >= 11 is 0. The molecule has 0 saturated heterocycles. The Bertz CT molecular complexity index is 263. The van der Waals surface area contributed by atoms with Crippen LogP contribution in [0.5, 0.6) is 0 Å². The molecule has 1 heterocycles. The third-order valence-corrected chi connectivity index (χ3v) is 2.34. The fourth-order valence-corrected chi connectivity index (χ4v) is 1.71. The lowest BCUT2D eigenvalue weighted by atomic mass is 10.1. The van der Waals surface area contributed by atoms with E-state index in [2.05, 4.69) is 56.0 Å². The Balaban J connectivity index is 2.57. The van der Waals surface area contributed by atoms with Gasteiger partial charge in [0.25, 0.3) is 0 Å². The van der Waals surface area contributed by atoms with Gasteiger partial charge in [0.15, 0.2) is 0 Å². The van der Waals surface area contributed by atoms with Crippen LogP contribution < -0.4 is 5.32 Å². The molecule has 0 fully saturated rings. The van der Waals surface area contributed by atoms with E-state index in [1.54, 1.807) is 0 Å². The van der Waals surface area contributed by atoms with E-state index < -0.39 is 0 Å². The molecule has 0 saturated carbocycles. The van der Waals surface area contributed by atoms with Crippen LogP contribution in [-0.2, 0) is 6.54 Å². The van der Waals surface area contributed by atoms with Crippen LogP contribution in [0.3, 0.4) is 0 Å². The van der Waals surface area contributed by atoms with Crippen molar-refractivity contribution in [1.29, 1.82) is 0 Å². The molecular formula is C12H22N2. The fraction of sp³-hybridized carbons (Fsp3) is 0.667. The molecule has 0 aliphatic heterocycles. The molecule has 2 heteroatoms. The Morgan fingerprint density at radius 3 is 2.64 bits per heavy atom. The first-order valence-electron chi connectivity index (χ1n) is 5.55. The summed E-state index contributed by atoms with van der Waals surface area (Å²) in [4.78, 5) is 0. The van der Waals surface area contributed by atoms with E-state index in [-0.39, 0.29) is 0 Å². The predicted molar refractivity (Wildman–Crippen MR) is 61.4 cm³/mol. The van der Waals surface area contributed by atoms with E-state index in [1.807, 2.05) is 0 Å². The molecule has 1 aromatic rings. The summed E-state index contributed by atoms with van der Waals surface area (Å²) in [6.45, 7) is 9.90. The number of nitrogens with zero attached hydrogens (tertiary/aromatic N) is 1. The van der Waals surface area contributed by atoms with Crippen molar-refractivity contribution >= 4 is 0 Å². The third-order valence-electron chi connectivity index (χ3n) is 2.34. The van der Waals surface area contributed by atoms with Crippen molar-refractivity contribution < 1.29 is 0 Å². The van der Waals surface area contributed by atoms with Crippen molar-refractivity contribution in [3.8, 4) is 0 Å². The second-order valence-electron chi connectivity index (χ2n) is 4.23. The number of nitrogens with one attached hydrogen (secondary N) is 1. The summed E-state index contributed by atoms with van der Waals surface area (Å²) in [6.07, 6.45) is 5.60. The van der Waals surface area contributed by atoms with Crippen LogP contribution in [0.4, 0.5) is 0 Å². The maximum absolute atomic E-state index is 3.50. The number of aromatic nitrogens is 1. The van der Waals surface area contributed by atoms with Gasteiger partial charge in [-0.05, 0) is 25.0 Å². The van der Waals surface area contributed by atoms with Crippen LogP contribution in [0.1, 0.15) is 45.7 Å². The summed E-state index contributed by atoms with van der Waals surface area (Å²) < 4.78 is 2.26. The molecule has 0 aliphatic carbocycles. The minimum atomic E-state index is 0.452. The summed E-state index contributed by atoms with van der Waals surface area (Å²) in [6, 6.07) is 3.20. The normalized spacial score (nSPS) is 13.5. The van der Waals surface area contributed by atoms with Crippen molar-refractivity contribution in [2.24, 2.45) is 0 Å². The van der Waals surface area contributed by atoms with Gasteiger partial charge in [0.1, 0.15) is 0 Å². The van der Waals surface area contributed by atoms with Gasteiger partial charge in [0.05, 0.1) is 0 Å². The lowest BCUT2D eigenvalue weighted by Gasteiger charge is -2.15. The van der Waals surface area contributed by atoms with E-state index >= 15 is 0 Å². The molecule has 0 amide bonds. The van der Waals surface area contributed by atoms with Crippen LogP contribution in [0.2, 0.25) is 0 Å². The summed E-state index contributed by atoms with van der Waals surface area (Å²) in [5, 5.41) is 3.50. The zero-order valence-corrected chi connectivity index (χ0v) is 9.75. The monoisotopic (exact) mass is 194 g/mol. The van der Waals surface area contributed by atoms with Crippen molar-refractivity contribution in [2.45, 2.75) is 52.7 Å². The highest BCUT2D eigenvalue weighted by atomic mass is 15.0. The average molecular weight is 194 g/mol. The third kappa shape index (κ3) is 3.18. The minimum Gasteiger partial charge on any atom is -0.354 e. The molecule has 1 aromatic heterocycles. The van der Waals surface area contributed by atoms with Crippen LogP contribution >= 0.6 is 0 Å². The number of aryl methyl sites for hydroxylation is 1. The molecule has 1 unspecified atom stereocenters. The zero-order valence-electron chi connectivity index (χ0n) is 9.75. The standard InChI is InChI=1S/C12H22N2/c1-5-7-14-8-6-12(9-14)11(4)13-10(2)3/h6,8-11,13H,5,7H2,1-4H3. The molecule has 0 aromatic carbocycles. The van der Waals surface area contributed by atoms with E-state index in [0.717, 1.165) is 6.54 Å². The maximum atomic E-state index is 3.50. The van der Waals surface area contributed by atoms with Gasteiger partial charge >= 0.3 is 0 Å². The predicted octanol–water partition coefficient (Wildman–Crippen LogP) is 2.96. The lowest BCUT2D eigenvalue weighted by Crippen LogP contribution is -2.25. The minimum absolute atomic E-state index is 0.452. The molecule has 0 radical (unpaired) electrons. The van der Waals surface area contributed by atoms with Gasteiger partial charge in [-0.1, -0.05) is 20.8 Å². The number of hydrogen-bond acceptors (Lipinski definition) is 1. The summed E-state index contributed by atoms with van der Waals surface area (Å²) in [5.74, 6) is 0. The van der Waals surface area contributed by atoms with Crippen LogP contribution in [0.25, 0.3) is 0 Å². The van der Waals surface area contributed by atoms with Crippen molar-refractivity contribution in [2.75, 3.05) is 0 Å². The summed E-state index contributed by atoms with van der Waals surface area (Å²) in [7, 11) is 0. The smallest absolute Gasteiger partial charge is 0.0309 e. The van der Waals surface area contributed by atoms with E-state index in [1.165, 1.54) is 12.0 Å². The maximum Gasteiger partial charge on any atom is 0.0309 e. The zero-order chi connectivity index (χ0) is 10.6. The van der Waals surface area contributed by atoms with Gasteiger partial charge in [0, 0.05) is 31.0 Å². The highest BCUT2D eigenvalue weighted by Gasteiger charge is 2.07. The topological polar surface area (TPSA) is 17.0 Å². The van der Waals surface area contributed by atoms with Gasteiger partial charge in [-0.15, -0.1) is 0 Å². The molecule has 1 rings (SSSR count). The second-order valence-corrected chi connectivity index (χ2v) is 4.23. The highest BCUT2D eigenvalue weighted by molar-refractivity contribution is 5.14. The number of rotatable bonds is 5. The Kier molecular flexibility index (Phi) is 4.21. The Morgan fingerprint density at radius 2 is 2.07 bits per heavy atom. The molecule has 14 heavy (non-hydrogen) atoms. The first kappa shape index (κ1) is 11.3. The molecule has 80 valence electrons. The van der Waals surface area contributed by atoms with E-state index in [4.69, 9.17) is 0 Å². The SMILES string of the molecule is CCCn1ccc(C(C)NC(C)C)c1. The summed E-state index contributed by atoms with van der Waals surface area (Å²) in [5.41, 5.74) is 1.38. The average Bonchev–Trinajstić information content (AvgIpc) is 2.52. The van der Waals surface area contributed by atoms with Gasteiger partial charge in [-0.2, -0.15) is 0 Å². The van der Waals surface area contributed by atoms with Gasteiger partial charge in [-0.25, -0.2) is 0 Å². The second kappa shape index (κ2) is 5.20. The Morgan fingerprint density at radius 1 is 1.36 bits per heavy atom. The van der Waals surface area contributed by atoms with Crippen molar-refractivity contribution in [3.63, 3.8) is 0 Å². The largest absolute Gasteiger partial charge is 0.354 e. The van der Waals surface area contributed by atoms with Crippen molar-refractivity contribution in [1.82, 2.24) is 9.88 Å². The number of hydrogen-bond donors (Lipinski definition) is 1. The lowest BCUT2D eigenvalue weighted by molar-refractivity contribution is 0.505. The van der Waals surface area contributed by atoms with Crippen molar-refractivity contribution in [3.05, 3.63) is 24.0 Å². The van der Waals surface area contributed by atoms with Gasteiger partial charge < -0.3 is 9.88 Å². The highest BCUT2D eigenvalue weighted by Crippen LogP contribution is 2.13. The Labute approximate surface area is 87.3 Å². The molecule has 1 N–H and O–H groups in total. The van der Waals surface area contributed by atoms with Crippen LogP contribution in [-0.4, -0.2) is 10.6 Å². The van der Waals surface area contributed by atoms with Gasteiger partial charge in [-0.3, -0.25) is 0 Å². The molecular weight excluding hydrogens is 172 g/mol. The Hall–Kier alpha value is -0.760. The molecule has 1 atom stereocenters. The van der Waals surface area contributed by atoms with Crippen LogP contribution in [0.15, 0.2) is 18.5 Å². The first-order valence-corrected chi connectivity index (χ1v) is 5.55. The molecule has 0 spiro atoms. The quantitative estimate of drug-likeness (QED) is 0.762. The molecule has 0 bridgehead atoms. The molecule has 0 aliphatic rings.